The summed E-state index contributed by atoms with van der Waals surface area (Å²) in [7, 11) is 0. The summed E-state index contributed by atoms with van der Waals surface area (Å²) in [5.74, 6) is -1.95. The Morgan fingerprint density at radius 2 is 2.07 bits per heavy atom. The lowest BCUT2D eigenvalue weighted by Crippen LogP contribution is -2.29. The van der Waals surface area contributed by atoms with Crippen molar-refractivity contribution in [2.24, 2.45) is 11.8 Å². The normalized spacial score (nSPS) is 24.7. The molecule has 4 nitrogen and oxygen atoms in total. The third kappa shape index (κ3) is 3.38. The second kappa shape index (κ2) is 4.39. The SMILES string of the molecule is CC(C)(CCCl)OC(=O)C1CC1C(=O)O. The summed E-state index contributed by atoms with van der Waals surface area (Å²) >= 11 is 5.56. The van der Waals surface area contributed by atoms with Crippen LogP contribution in [0.25, 0.3) is 0 Å². The van der Waals surface area contributed by atoms with Gasteiger partial charge in [0.25, 0.3) is 0 Å². The summed E-state index contributed by atoms with van der Waals surface area (Å²) in [4.78, 5) is 22.0. The van der Waals surface area contributed by atoms with Crippen LogP contribution in [-0.2, 0) is 14.3 Å². The number of carboxylic acid groups (broad SMARTS) is 1. The van der Waals surface area contributed by atoms with E-state index in [0.717, 1.165) is 0 Å². The molecule has 2 unspecified atom stereocenters. The summed E-state index contributed by atoms with van der Waals surface area (Å²) in [6.45, 7) is 3.54. The molecule has 0 aromatic heterocycles. The summed E-state index contributed by atoms with van der Waals surface area (Å²) < 4.78 is 5.20. The van der Waals surface area contributed by atoms with Crippen LogP contribution in [0.1, 0.15) is 26.7 Å². The fraction of sp³-hybridized carbons (Fsp3) is 0.800. The first kappa shape index (κ1) is 12.3. The van der Waals surface area contributed by atoms with Crippen molar-refractivity contribution in [3.05, 3.63) is 0 Å². The minimum atomic E-state index is -0.924. The molecule has 0 saturated heterocycles. The van der Waals surface area contributed by atoms with Crippen LogP contribution < -0.4 is 0 Å². The summed E-state index contributed by atoms with van der Waals surface area (Å²) in [6, 6.07) is 0. The molecular formula is C10H15ClO4. The lowest BCUT2D eigenvalue weighted by Gasteiger charge is -2.24. The predicted octanol–water partition coefficient (Wildman–Crippen LogP) is 1.66. The third-order valence-corrected chi connectivity index (χ3v) is 2.67. The third-order valence-electron chi connectivity index (χ3n) is 2.48. The van der Waals surface area contributed by atoms with E-state index < -0.39 is 29.4 Å². The highest BCUT2D eigenvalue weighted by molar-refractivity contribution is 6.17. The number of ether oxygens (including phenoxy) is 1. The van der Waals surface area contributed by atoms with Crippen LogP contribution in [0, 0.1) is 11.8 Å². The Bertz CT molecular complexity index is 275. The Labute approximate surface area is 93.6 Å². The Kier molecular flexibility index (Phi) is 3.60. The molecule has 0 aliphatic heterocycles. The highest BCUT2D eigenvalue weighted by Gasteiger charge is 2.50. The van der Waals surface area contributed by atoms with Gasteiger partial charge in [-0.2, -0.15) is 0 Å². The Hall–Kier alpha value is -0.770. The van der Waals surface area contributed by atoms with Gasteiger partial charge in [-0.3, -0.25) is 9.59 Å². The molecule has 2 atom stereocenters. The Balaban J connectivity index is 2.41. The second-order valence-corrected chi connectivity index (χ2v) is 4.78. The monoisotopic (exact) mass is 234 g/mol. The van der Waals surface area contributed by atoms with Crippen molar-refractivity contribution in [3.8, 4) is 0 Å². The number of carbonyl (C=O) groups is 2. The van der Waals surface area contributed by atoms with Crippen LogP contribution in [0.2, 0.25) is 0 Å². The number of rotatable bonds is 5. The molecule has 0 bridgehead atoms. The zero-order valence-electron chi connectivity index (χ0n) is 8.83. The molecular weight excluding hydrogens is 220 g/mol. The van der Waals surface area contributed by atoms with E-state index in [1.54, 1.807) is 13.8 Å². The molecule has 0 aromatic rings. The van der Waals surface area contributed by atoms with Crippen molar-refractivity contribution in [2.75, 3.05) is 5.88 Å². The molecule has 0 radical (unpaired) electrons. The van der Waals surface area contributed by atoms with E-state index in [4.69, 9.17) is 21.4 Å². The van der Waals surface area contributed by atoms with Crippen LogP contribution in [0.3, 0.4) is 0 Å². The average Bonchev–Trinajstić information content (AvgIpc) is 2.80. The fourth-order valence-corrected chi connectivity index (χ4v) is 1.81. The van der Waals surface area contributed by atoms with E-state index in [0.29, 0.717) is 18.7 Å². The van der Waals surface area contributed by atoms with E-state index in [1.807, 2.05) is 0 Å². The van der Waals surface area contributed by atoms with E-state index in [9.17, 15) is 9.59 Å². The maximum Gasteiger partial charge on any atom is 0.310 e. The topological polar surface area (TPSA) is 63.6 Å². The van der Waals surface area contributed by atoms with Crippen LogP contribution in [0.5, 0.6) is 0 Å². The van der Waals surface area contributed by atoms with Crippen LogP contribution >= 0.6 is 11.6 Å². The van der Waals surface area contributed by atoms with E-state index >= 15 is 0 Å². The first-order chi connectivity index (χ1) is 6.87. The summed E-state index contributed by atoms with van der Waals surface area (Å²) in [6.07, 6.45) is 0.954. The van der Waals surface area contributed by atoms with E-state index in [1.165, 1.54) is 0 Å². The van der Waals surface area contributed by atoms with Crippen molar-refractivity contribution >= 4 is 23.5 Å². The van der Waals surface area contributed by atoms with Crippen molar-refractivity contribution < 1.29 is 19.4 Å². The van der Waals surface area contributed by atoms with E-state index in [2.05, 4.69) is 0 Å². The van der Waals surface area contributed by atoms with Crippen LogP contribution in [-0.4, -0.2) is 28.5 Å². The van der Waals surface area contributed by atoms with Crippen molar-refractivity contribution in [1.82, 2.24) is 0 Å². The van der Waals surface area contributed by atoms with E-state index in [-0.39, 0.29) is 0 Å². The number of hydrogen-bond acceptors (Lipinski definition) is 3. The summed E-state index contributed by atoms with van der Waals surface area (Å²) in [5.41, 5.74) is -0.607. The average molecular weight is 235 g/mol. The molecule has 1 saturated carbocycles. The van der Waals surface area contributed by atoms with Gasteiger partial charge in [0.1, 0.15) is 5.60 Å². The zero-order chi connectivity index (χ0) is 11.6. The molecule has 5 heteroatoms. The van der Waals surface area contributed by atoms with Gasteiger partial charge in [-0.25, -0.2) is 0 Å². The predicted molar refractivity (Wildman–Crippen MR) is 54.7 cm³/mol. The number of alkyl halides is 1. The molecule has 1 aliphatic carbocycles. The molecule has 0 spiro atoms. The van der Waals surface area contributed by atoms with Gasteiger partial charge in [-0.15, -0.1) is 11.6 Å². The number of esters is 1. The molecule has 0 aromatic carbocycles. The second-order valence-electron chi connectivity index (χ2n) is 4.41. The fourth-order valence-electron chi connectivity index (χ4n) is 1.36. The number of aliphatic carboxylic acids is 1. The highest BCUT2D eigenvalue weighted by atomic mass is 35.5. The van der Waals surface area contributed by atoms with Gasteiger partial charge in [0.2, 0.25) is 0 Å². The molecule has 1 N–H and O–H groups in total. The number of halogens is 1. The lowest BCUT2D eigenvalue weighted by atomic mass is 10.1. The molecule has 1 fully saturated rings. The first-order valence-corrected chi connectivity index (χ1v) is 5.42. The molecule has 0 amide bonds. The molecule has 86 valence electrons. The van der Waals surface area contributed by atoms with Crippen molar-refractivity contribution in [1.29, 1.82) is 0 Å². The maximum absolute atomic E-state index is 11.5. The van der Waals surface area contributed by atoms with Gasteiger partial charge in [-0.1, -0.05) is 0 Å². The molecule has 0 heterocycles. The number of carbonyl (C=O) groups excluding carboxylic acids is 1. The van der Waals surface area contributed by atoms with Gasteiger partial charge in [-0.05, 0) is 20.3 Å². The van der Waals surface area contributed by atoms with Gasteiger partial charge in [0, 0.05) is 12.3 Å². The van der Waals surface area contributed by atoms with Crippen molar-refractivity contribution in [3.63, 3.8) is 0 Å². The summed E-state index contributed by atoms with van der Waals surface area (Å²) in [5, 5.41) is 8.65. The van der Waals surface area contributed by atoms with Gasteiger partial charge in [0.05, 0.1) is 11.8 Å². The van der Waals surface area contributed by atoms with Gasteiger partial charge in [0.15, 0.2) is 0 Å². The van der Waals surface area contributed by atoms with Crippen LogP contribution in [0.15, 0.2) is 0 Å². The highest BCUT2D eigenvalue weighted by Crippen LogP contribution is 2.40. The zero-order valence-corrected chi connectivity index (χ0v) is 9.58. The maximum atomic E-state index is 11.5. The number of carboxylic acids is 1. The van der Waals surface area contributed by atoms with Gasteiger partial charge < -0.3 is 9.84 Å². The molecule has 15 heavy (non-hydrogen) atoms. The van der Waals surface area contributed by atoms with Crippen molar-refractivity contribution in [2.45, 2.75) is 32.3 Å². The largest absolute Gasteiger partial charge is 0.481 e. The Morgan fingerprint density at radius 1 is 1.47 bits per heavy atom. The number of hydrogen-bond donors (Lipinski definition) is 1. The van der Waals surface area contributed by atoms with Gasteiger partial charge >= 0.3 is 11.9 Å². The minimum Gasteiger partial charge on any atom is -0.481 e. The minimum absolute atomic E-state index is 0.394. The molecule has 1 aliphatic rings. The Morgan fingerprint density at radius 3 is 2.47 bits per heavy atom. The lowest BCUT2D eigenvalue weighted by molar-refractivity contribution is -0.160. The smallest absolute Gasteiger partial charge is 0.310 e. The van der Waals surface area contributed by atoms with Crippen LogP contribution in [0.4, 0.5) is 0 Å². The standard InChI is InChI=1S/C10H15ClO4/c1-10(2,3-4-11)15-9(14)7-5-6(7)8(12)13/h6-7H,3-5H2,1-2H3,(H,12,13). The quantitative estimate of drug-likeness (QED) is 0.581. The molecule has 1 rings (SSSR count). The first-order valence-electron chi connectivity index (χ1n) is 4.89.